The standard InChI is InChI=1S/C14H20ClNO/c1-11-6-7-16(10-14(11)15)9-12-4-3-5-13(8-12)17-2/h3-5,8,11,14H,6-7,9-10H2,1-2H3. The molecule has 0 aliphatic carbocycles. The average Bonchev–Trinajstić information content (AvgIpc) is 2.34. The maximum atomic E-state index is 6.32. The highest BCUT2D eigenvalue weighted by molar-refractivity contribution is 6.21. The van der Waals surface area contributed by atoms with Gasteiger partial charge in [0.2, 0.25) is 0 Å². The van der Waals surface area contributed by atoms with Gasteiger partial charge in [-0.2, -0.15) is 0 Å². The van der Waals surface area contributed by atoms with Gasteiger partial charge in [-0.25, -0.2) is 0 Å². The van der Waals surface area contributed by atoms with Crippen molar-refractivity contribution in [3.05, 3.63) is 29.8 Å². The van der Waals surface area contributed by atoms with Gasteiger partial charge in [0.05, 0.1) is 7.11 Å². The summed E-state index contributed by atoms with van der Waals surface area (Å²) in [5, 5.41) is 0.286. The largest absolute Gasteiger partial charge is 0.497 e. The van der Waals surface area contributed by atoms with E-state index in [1.807, 2.05) is 12.1 Å². The van der Waals surface area contributed by atoms with Gasteiger partial charge in [0, 0.05) is 18.5 Å². The summed E-state index contributed by atoms with van der Waals surface area (Å²) in [6, 6.07) is 8.26. The third-order valence-corrected chi connectivity index (χ3v) is 4.06. The van der Waals surface area contributed by atoms with E-state index in [0.717, 1.165) is 25.4 Å². The molecule has 1 aromatic carbocycles. The van der Waals surface area contributed by atoms with Gasteiger partial charge in [0.15, 0.2) is 0 Å². The predicted octanol–water partition coefficient (Wildman–Crippen LogP) is 3.14. The molecular formula is C14H20ClNO. The van der Waals surface area contributed by atoms with Crippen molar-refractivity contribution in [1.29, 1.82) is 0 Å². The maximum Gasteiger partial charge on any atom is 0.119 e. The van der Waals surface area contributed by atoms with Gasteiger partial charge in [0.25, 0.3) is 0 Å². The number of nitrogens with zero attached hydrogens (tertiary/aromatic N) is 1. The summed E-state index contributed by atoms with van der Waals surface area (Å²) < 4.78 is 5.24. The van der Waals surface area contributed by atoms with E-state index in [9.17, 15) is 0 Å². The average molecular weight is 254 g/mol. The van der Waals surface area contributed by atoms with Gasteiger partial charge in [-0.05, 0) is 36.6 Å². The van der Waals surface area contributed by atoms with Crippen LogP contribution in [0.5, 0.6) is 5.75 Å². The molecule has 1 fully saturated rings. The second-order valence-electron chi connectivity index (χ2n) is 4.87. The number of methoxy groups -OCH3 is 1. The van der Waals surface area contributed by atoms with Crippen LogP contribution >= 0.6 is 11.6 Å². The summed E-state index contributed by atoms with van der Waals surface area (Å²) in [5.41, 5.74) is 1.29. The fourth-order valence-corrected chi connectivity index (χ4v) is 2.58. The summed E-state index contributed by atoms with van der Waals surface area (Å²) in [5.74, 6) is 1.56. The van der Waals surface area contributed by atoms with Crippen LogP contribution in [0.1, 0.15) is 18.9 Å². The number of rotatable bonds is 3. The number of hydrogen-bond acceptors (Lipinski definition) is 2. The lowest BCUT2D eigenvalue weighted by molar-refractivity contribution is 0.189. The molecule has 94 valence electrons. The minimum absolute atomic E-state index is 0.286. The Bertz CT molecular complexity index is 369. The van der Waals surface area contributed by atoms with E-state index in [1.165, 1.54) is 12.0 Å². The Morgan fingerprint density at radius 1 is 1.47 bits per heavy atom. The lowest BCUT2D eigenvalue weighted by Crippen LogP contribution is -2.39. The van der Waals surface area contributed by atoms with Gasteiger partial charge >= 0.3 is 0 Å². The van der Waals surface area contributed by atoms with Crippen molar-refractivity contribution in [2.24, 2.45) is 5.92 Å². The SMILES string of the molecule is COc1cccc(CN2CCC(C)C(Cl)C2)c1. The Hall–Kier alpha value is -0.730. The van der Waals surface area contributed by atoms with Crippen molar-refractivity contribution in [2.75, 3.05) is 20.2 Å². The van der Waals surface area contributed by atoms with Gasteiger partial charge in [-0.1, -0.05) is 19.1 Å². The molecule has 2 unspecified atom stereocenters. The maximum absolute atomic E-state index is 6.32. The molecule has 17 heavy (non-hydrogen) atoms. The van der Waals surface area contributed by atoms with Crippen molar-refractivity contribution in [1.82, 2.24) is 4.90 Å². The summed E-state index contributed by atoms with van der Waals surface area (Å²) in [6.07, 6.45) is 1.19. The zero-order valence-corrected chi connectivity index (χ0v) is 11.3. The molecule has 1 heterocycles. The number of benzene rings is 1. The molecule has 2 nitrogen and oxygen atoms in total. The zero-order chi connectivity index (χ0) is 12.3. The van der Waals surface area contributed by atoms with Gasteiger partial charge in [-0.15, -0.1) is 11.6 Å². The van der Waals surface area contributed by atoms with Gasteiger partial charge in [0.1, 0.15) is 5.75 Å². The second kappa shape index (κ2) is 5.74. The molecule has 2 rings (SSSR count). The first-order valence-corrected chi connectivity index (χ1v) is 6.62. The highest BCUT2D eigenvalue weighted by atomic mass is 35.5. The van der Waals surface area contributed by atoms with Crippen LogP contribution in [0.2, 0.25) is 0 Å². The number of likely N-dealkylation sites (tertiary alicyclic amines) is 1. The first-order valence-electron chi connectivity index (χ1n) is 6.18. The quantitative estimate of drug-likeness (QED) is 0.768. The summed E-state index contributed by atoms with van der Waals surface area (Å²) in [6.45, 7) is 5.33. The van der Waals surface area contributed by atoms with Crippen LogP contribution in [0.25, 0.3) is 0 Å². The lowest BCUT2D eigenvalue weighted by atomic mass is 9.98. The Kier molecular flexibility index (Phi) is 4.30. The molecule has 0 bridgehead atoms. The molecule has 0 radical (unpaired) electrons. The Morgan fingerprint density at radius 2 is 2.29 bits per heavy atom. The van der Waals surface area contributed by atoms with E-state index >= 15 is 0 Å². The molecule has 0 N–H and O–H groups in total. The van der Waals surface area contributed by atoms with Crippen LogP contribution in [0, 0.1) is 5.92 Å². The number of halogens is 1. The van der Waals surface area contributed by atoms with Gasteiger partial charge < -0.3 is 4.74 Å². The Balaban J connectivity index is 1.96. The normalized spacial score (nSPS) is 25.8. The molecule has 1 aliphatic heterocycles. The third kappa shape index (κ3) is 3.36. The van der Waals surface area contributed by atoms with Crippen LogP contribution < -0.4 is 4.74 Å². The van der Waals surface area contributed by atoms with Crippen LogP contribution in [0.15, 0.2) is 24.3 Å². The first kappa shape index (κ1) is 12.7. The molecule has 0 saturated carbocycles. The lowest BCUT2D eigenvalue weighted by Gasteiger charge is -2.33. The Labute approximate surface area is 109 Å². The summed E-state index contributed by atoms with van der Waals surface area (Å²) in [4.78, 5) is 2.42. The highest BCUT2D eigenvalue weighted by Crippen LogP contribution is 2.23. The number of piperidine rings is 1. The molecule has 2 atom stereocenters. The van der Waals surface area contributed by atoms with Crippen LogP contribution in [-0.2, 0) is 6.54 Å². The molecule has 0 aromatic heterocycles. The van der Waals surface area contributed by atoms with Crippen molar-refractivity contribution in [2.45, 2.75) is 25.3 Å². The third-order valence-electron chi connectivity index (χ3n) is 3.49. The number of ether oxygens (including phenoxy) is 1. The van der Waals surface area contributed by atoms with E-state index < -0.39 is 0 Å². The van der Waals surface area contributed by atoms with E-state index in [2.05, 4.69) is 24.0 Å². The molecule has 1 aromatic rings. The van der Waals surface area contributed by atoms with Crippen LogP contribution in [-0.4, -0.2) is 30.5 Å². The smallest absolute Gasteiger partial charge is 0.119 e. The topological polar surface area (TPSA) is 12.5 Å². The van der Waals surface area contributed by atoms with Crippen LogP contribution in [0.3, 0.4) is 0 Å². The fraction of sp³-hybridized carbons (Fsp3) is 0.571. The van der Waals surface area contributed by atoms with E-state index in [4.69, 9.17) is 16.3 Å². The monoisotopic (exact) mass is 253 g/mol. The first-order chi connectivity index (χ1) is 8.19. The minimum atomic E-state index is 0.286. The van der Waals surface area contributed by atoms with E-state index in [1.54, 1.807) is 7.11 Å². The molecular weight excluding hydrogens is 234 g/mol. The fourth-order valence-electron chi connectivity index (χ4n) is 2.26. The predicted molar refractivity (Wildman–Crippen MR) is 71.7 cm³/mol. The summed E-state index contributed by atoms with van der Waals surface area (Å²) >= 11 is 6.32. The van der Waals surface area contributed by atoms with Gasteiger partial charge in [-0.3, -0.25) is 4.90 Å². The number of hydrogen-bond donors (Lipinski definition) is 0. The molecule has 1 saturated heterocycles. The van der Waals surface area contributed by atoms with Crippen molar-refractivity contribution in [3.8, 4) is 5.75 Å². The van der Waals surface area contributed by atoms with Crippen molar-refractivity contribution < 1.29 is 4.74 Å². The zero-order valence-electron chi connectivity index (χ0n) is 10.5. The second-order valence-corrected chi connectivity index (χ2v) is 5.43. The van der Waals surface area contributed by atoms with Crippen molar-refractivity contribution >= 4 is 11.6 Å². The summed E-state index contributed by atoms with van der Waals surface area (Å²) in [7, 11) is 1.70. The van der Waals surface area contributed by atoms with E-state index in [0.29, 0.717) is 5.92 Å². The van der Waals surface area contributed by atoms with E-state index in [-0.39, 0.29) is 5.38 Å². The molecule has 1 aliphatic rings. The molecule has 3 heteroatoms. The van der Waals surface area contributed by atoms with Crippen LogP contribution in [0.4, 0.5) is 0 Å². The molecule has 0 spiro atoms. The number of alkyl halides is 1. The van der Waals surface area contributed by atoms with Crippen molar-refractivity contribution in [3.63, 3.8) is 0 Å². The Morgan fingerprint density at radius 3 is 3.00 bits per heavy atom. The highest BCUT2D eigenvalue weighted by Gasteiger charge is 2.24. The minimum Gasteiger partial charge on any atom is -0.497 e. The molecule has 0 amide bonds.